The van der Waals surface area contributed by atoms with Crippen LogP contribution in [0.3, 0.4) is 0 Å². The number of amides is 1. The number of anilines is 1. The first-order chi connectivity index (χ1) is 13.8. The van der Waals surface area contributed by atoms with E-state index in [0.29, 0.717) is 0 Å². The molecule has 1 saturated heterocycles. The van der Waals surface area contributed by atoms with Gasteiger partial charge in [0.15, 0.2) is 0 Å². The Morgan fingerprint density at radius 1 is 1.20 bits per heavy atom. The predicted octanol–water partition coefficient (Wildman–Crippen LogP) is 2.33. The topological polar surface area (TPSA) is 91.8 Å². The molecule has 0 unspecified atom stereocenters. The zero-order valence-corrected chi connectivity index (χ0v) is 17.8. The Bertz CT molecular complexity index is 907. The van der Waals surface area contributed by atoms with Crippen LogP contribution in [0.4, 0.5) is 18.9 Å². The quantitative estimate of drug-likeness (QED) is 0.763. The van der Waals surface area contributed by atoms with Crippen LogP contribution in [-0.4, -0.2) is 61.6 Å². The minimum Gasteiger partial charge on any atom is -0.474 e. The Balaban J connectivity index is 1.85. The van der Waals surface area contributed by atoms with E-state index in [9.17, 15) is 26.4 Å². The van der Waals surface area contributed by atoms with Crippen molar-refractivity contribution < 1.29 is 31.1 Å². The second-order valence-electron chi connectivity index (χ2n) is 8.40. The fourth-order valence-corrected chi connectivity index (χ4v) is 5.04. The van der Waals surface area contributed by atoms with Gasteiger partial charge in [-0.15, -0.1) is 0 Å². The van der Waals surface area contributed by atoms with Crippen LogP contribution in [-0.2, 0) is 10.2 Å². The van der Waals surface area contributed by atoms with E-state index in [2.05, 4.69) is 10.3 Å². The lowest BCUT2D eigenvalue weighted by molar-refractivity contribution is -0.182. The molecule has 2 aliphatic heterocycles. The summed E-state index contributed by atoms with van der Waals surface area (Å²) in [4.78, 5) is 16.5. The summed E-state index contributed by atoms with van der Waals surface area (Å²) in [5.74, 6) is -1.87. The van der Waals surface area contributed by atoms with Gasteiger partial charge in [-0.1, -0.05) is 0 Å². The highest BCUT2D eigenvalue weighted by Crippen LogP contribution is 2.37. The number of pyridine rings is 1. The zero-order chi connectivity index (χ0) is 22.3. The highest BCUT2D eigenvalue weighted by Gasteiger charge is 2.44. The number of ether oxygens (including phenoxy) is 1. The minimum absolute atomic E-state index is 0.0272. The van der Waals surface area contributed by atoms with Gasteiger partial charge >= 0.3 is 16.4 Å². The highest BCUT2D eigenvalue weighted by atomic mass is 32.2. The first-order valence-electron chi connectivity index (χ1n) is 9.59. The molecular weight excluding hydrogens is 425 g/mol. The molecule has 0 saturated carbocycles. The van der Waals surface area contributed by atoms with Crippen molar-refractivity contribution in [1.82, 2.24) is 14.6 Å². The summed E-state index contributed by atoms with van der Waals surface area (Å²) in [6, 6.07) is 1.38. The smallest absolute Gasteiger partial charge is 0.391 e. The third-order valence-electron chi connectivity index (χ3n) is 4.91. The Morgan fingerprint density at radius 2 is 1.83 bits per heavy atom. The summed E-state index contributed by atoms with van der Waals surface area (Å²) < 4.78 is 72.6. The maximum atomic E-state index is 13.2. The number of rotatable bonds is 3. The number of nitrogens with zero attached hydrogens (tertiary/aromatic N) is 3. The van der Waals surface area contributed by atoms with Gasteiger partial charge in [-0.2, -0.15) is 25.9 Å². The van der Waals surface area contributed by atoms with E-state index in [1.807, 2.05) is 0 Å². The molecule has 8 nitrogen and oxygen atoms in total. The van der Waals surface area contributed by atoms with Crippen LogP contribution in [0, 0.1) is 5.92 Å². The number of piperidine rings is 1. The number of carbonyl (C=O) groups excluding carboxylic acids is 1. The van der Waals surface area contributed by atoms with Gasteiger partial charge in [0.1, 0.15) is 12.3 Å². The molecule has 1 aromatic heterocycles. The maximum absolute atomic E-state index is 13.2. The van der Waals surface area contributed by atoms with Crippen molar-refractivity contribution in [3.05, 3.63) is 17.8 Å². The van der Waals surface area contributed by atoms with Gasteiger partial charge in [0.05, 0.1) is 18.0 Å². The molecule has 1 aromatic rings. The van der Waals surface area contributed by atoms with Crippen LogP contribution >= 0.6 is 0 Å². The van der Waals surface area contributed by atoms with Crippen molar-refractivity contribution in [2.24, 2.45) is 5.92 Å². The molecule has 0 radical (unpaired) electrons. The molecule has 1 N–H and O–H groups in total. The fraction of sp³-hybridized carbons (Fsp3) is 0.667. The molecule has 0 atom stereocenters. The van der Waals surface area contributed by atoms with Crippen molar-refractivity contribution in [3.63, 3.8) is 0 Å². The van der Waals surface area contributed by atoms with Crippen molar-refractivity contribution >= 4 is 21.8 Å². The van der Waals surface area contributed by atoms with Crippen LogP contribution in [0.5, 0.6) is 5.88 Å². The number of carbonyl (C=O) groups is 1. The van der Waals surface area contributed by atoms with Gasteiger partial charge in [0, 0.05) is 24.8 Å². The average Bonchev–Trinajstić information content (AvgIpc) is 2.65. The van der Waals surface area contributed by atoms with E-state index in [1.165, 1.54) is 12.3 Å². The molecule has 3 heterocycles. The number of fused-ring (bicyclic) bond motifs is 1. The first kappa shape index (κ1) is 22.6. The largest absolute Gasteiger partial charge is 0.474 e. The summed E-state index contributed by atoms with van der Waals surface area (Å²) in [5.41, 5.74) is -0.246. The lowest BCUT2D eigenvalue weighted by atomic mass is 9.98. The van der Waals surface area contributed by atoms with Crippen molar-refractivity contribution in [2.75, 3.05) is 30.5 Å². The van der Waals surface area contributed by atoms with Gasteiger partial charge < -0.3 is 10.1 Å². The predicted molar refractivity (Wildman–Crippen MR) is 104 cm³/mol. The van der Waals surface area contributed by atoms with E-state index in [1.54, 1.807) is 20.8 Å². The first-order valence-corrected chi connectivity index (χ1v) is 11.0. The maximum Gasteiger partial charge on any atom is 0.391 e. The number of hydrogen-bond donors (Lipinski definition) is 1. The molecule has 168 valence electrons. The SMILES string of the molecule is CC(C)(C)NC(=O)c1cnc2c(c1)N(S(=O)(=O)N1CCC(C(F)(F)F)CC1)CCO2. The minimum atomic E-state index is -4.33. The normalized spacial score (nSPS) is 19.2. The van der Waals surface area contributed by atoms with Gasteiger partial charge in [0.2, 0.25) is 5.88 Å². The van der Waals surface area contributed by atoms with Crippen LogP contribution in [0.15, 0.2) is 12.3 Å². The van der Waals surface area contributed by atoms with E-state index in [0.717, 1.165) is 8.61 Å². The molecule has 2 aliphatic rings. The van der Waals surface area contributed by atoms with Crippen LogP contribution in [0.25, 0.3) is 0 Å². The van der Waals surface area contributed by atoms with Crippen molar-refractivity contribution in [2.45, 2.75) is 45.3 Å². The number of halogens is 3. The number of nitrogens with one attached hydrogen (secondary N) is 1. The van der Waals surface area contributed by atoms with E-state index < -0.39 is 33.7 Å². The van der Waals surface area contributed by atoms with E-state index in [4.69, 9.17) is 4.74 Å². The fourth-order valence-electron chi connectivity index (χ4n) is 3.41. The summed E-state index contributed by atoms with van der Waals surface area (Å²) in [7, 11) is -4.10. The molecule has 1 amide bonds. The molecule has 30 heavy (non-hydrogen) atoms. The third-order valence-corrected chi connectivity index (χ3v) is 6.86. The molecule has 12 heteroatoms. The number of aromatic nitrogens is 1. The second-order valence-corrected chi connectivity index (χ2v) is 10.2. The van der Waals surface area contributed by atoms with E-state index >= 15 is 0 Å². The van der Waals surface area contributed by atoms with Crippen LogP contribution < -0.4 is 14.4 Å². The molecule has 0 aromatic carbocycles. The summed E-state index contributed by atoms with van der Waals surface area (Å²) in [6.07, 6.45) is -3.61. The van der Waals surface area contributed by atoms with Gasteiger partial charge in [-0.3, -0.25) is 4.79 Å². The average molecular weight is 450 g/mol. The lowest BCUT2D eigenvalue weighted by Gasteiger charge is -2.37. The van der Waals surface area contributed by atoms with E-state index in [-0.39, 0.29) is 56.2 Å². The molecule has 0 spiro atoms. The third kappa shape index (κ3) is 4.80. The van der Waals surface area contributed by atoms with Crippen LogP contribution in [0.2, 0.25) is 0 Å². The standard InChI is InChI=1S/C18H25F3N4O4S/c1-17(2,3)23-15(26)12-10-14-16(22-11-12)29-9-8-25(14)30(27,28)24-6-4-13(5-7-24)18(19,20)21/h10-11,13H,4-9H2,1-3H3,(H,23,26). The molecule has 3 rings (SSSR count). The second kappa shape index (κ2) is 7.88. The Labute approximate surface area is 173 Å². The molecule has 0 bridgehead atoms. The van der Waals surface area contributed by atoms with Gasteiger partial charge in [-0.25, -0.2) is 9.29 Å². The summed E-state index contributed by atoms with van der Waals surface area (Å²) in [5, 5.41) is 2.77. The summed E-state index contributed by atoms with van der Waals surface area (Å²) >= 11 is 0. The van der Waals surface area contributed by atoms with Crippen molar-refractivity contribution in [1.29, 1.82) is 0 Å². The van der Waals surface area contributed by atoms with Crippen LogP contribution in [0.1, 0.15) is 44.0 Å². The molecule has 1 fully saturated rings. The monoisotopic (exact) mass is 450 g/mol. The Kier molecular flexibility index (Phi) is 5.93. The Morgan fingerprint density at radius 3 is 2.40 bits per heavy atom. The molecular formula is C18H25F3N4O4S. The lowest BCUT2D eigenvalue weighted by Crippen LogP contribution is -2.51. The van der Waals surface area contributed by atoms with Crippen molar-refractivity contribution in [3.8, 4) is 5.88 Å². The summed E-state index contributed by atoms with van der Waals surface area (Å²) in [6.45, 7) is 4.99. The van der Waals surface area contributed by atoms with Gasteiger partial charge in [0.25, 0.3) is 5.91 Å². The Hall–Kier alpha value is -2.08. The van der Waals surface area contributed by atoms with Gasteiger partial charge in [-0.05, 0) is 39.7 Å². The zero-order valence-electron chi connectivity index (χ0n) is 17.0. The molecule has 0 aliphatic carbocycles. The highest BCUT2D eigenvalue weighted by molar-refractivity contribution is 7.90. The number of hydrogen-bond acceptors (Lipinski definition) is 5. The number of alkyl halides is 3.